The predicted molar refractivity (Wildman–Crippen MR) is 64.9 cm³/mol. The molecule has 3 aliphatic rings. The highest BCUT2D eigenvalue weighted by Gasteiger charge is 2.49. The lowest BCUT2D eigenvalue weighted by Crippen LogP contribution is -2.64. The molecule has 0 aromatic carbocycles. The molecule has 0 spiro atoms. The number of hydrogen-bond acceptors (Lipinski definition) is 3. The molecule has 1 amide bonds. The zero-order valence-electron chi connectivity index (χ0n) is 11.2. The molecule has 2 bridgehead atoms. The molecule has 0 aromatic rings. The van der Waals surface area contributed by atoms with E-state index in [1.54, 1.807) is 0 Å². The van der Waals surface area contributed by atoms with E-state index in [-0.39, 0.29) is 6.09 Å². The van der Waals surface area contributed by atoms with Crippen LogP contribution in [0.15, 0.2) is 0 Å². The number of nitrogens with zero attached hydrogens (tertiary/aromatic N) is 1. The molecule has 0 radical (unpaired) electrons. The maximum Gasteiger partial charge on any atom is 0.410 e. The second-order valence-corrected chi connectivity index (χ2v) is 5.98. The predicted octanol–water partition coefficient (Wildman–Crippen LogP) is 2.56. The molecule has 3 fully saturated rings. The second kappa shape index (κ2) is 4.48. The van der Waals surface area contributed by atoms with Crippen LogP contribution in [-0.2, 0) is 9.47 Å². The first-order valence-corrected chi connectivity index (χ1v) is 6.53. The standard InChI is InChI=1S/C13H23NO3/c1-5-16-11-7-9-6-10(8-11)14(9)12(15)17-13(2,3)4/h9-11H,5-8H2,1-4H3/t9-,10?,11?/m0/s1. The minimum Gasteiger partial charge on any atom is -0.444 e. The Bertz CT molecular complexity index is 286. The molecule has 4 heteroatoms. The zero-order valence-corrected chi connectivity index (χ0v) is 11.2. The zero-order chi connectivity index (χ0) is 12.6. The van der Waals surface area contributed by atoms with Crippen molar-refractivity contribution in [2.45, 2.75) is 70.7 Å². The first kappa shape index (κ1) is 12.7. The van der Waals surface area contributed by atoms with E-state index in [0.29, 0.717) is 18.2 Å². The fourth-order valence-electron chi connectivity index (χ4n) is 2.81. The third-order valence-corrected chi connectivity index (χ3v) is 3.41. The number of carbonyl (C=O) groups is 1. The molecule has 4 nitrogen and oxygen atoms in total. The van der Waals surface area contributed by atoms with Gasteiger partial charge in [-0.25, -0.2) is 4.79 Å². The monoisotopic (exact) mass is 241 g/mol. The second-order valence-electron chi connectivity index (χ2n) is 5.98. The fraction of sp³-hybridized carbons (Fsp3) is 0.923. The van der Waals surface area contributed by atoms with Gasteiger partial charge in [-0.2, -0.15) is 0 Å². The molecule has 0 aromatic heterocycles. The average Bonchev–Trinajstić information content (AvgIpc) is 2.14. The van der Waals surface area contributed by atoms with E-state index in [9.17, 15) is 4.79 Å². The van der Waals surface area contributed by atoms with E-state index in [2.05, 4.69) is 0 Å². The van der Waals surface area contributed by atoms with Gasteiger partial charge in [0.2, 0.25) is 0 Å². The summed E-state index contributed by atoms with van der Waals surface area (Å²) in [5.74, 6) is 0. The Labute approximate surface area is 103 Å². The number of piperidine rings is 1. The topological polar surface area (TPSA) is 38.8 Å². The van der Waals surface area contributed by atoms with Crippen LogP contribution in [0, 0.1) is 0 Å². The van der Waals surface area contributed by atoms with E-state index in [1.807, 2.05) is 32.6 Å². The van der Waals surface area contributed by atoms with Crippen LogP contribution >= 0.6 is 0 Å². The van der Waals surface area contributed by atoms with Crippen molar-refractivity contribution in [3.8, 4) is 0 Å². The molecule has 2 aliphatic heterocycles. The first-order valence-electron chi connectivity index (χ1n) is 6.53. The van der Waals surface area contributed by atoms with Crippen molar-refractivity contribution in [2.24, 2.45) is 0 Å². The van der Waals surface area contributed by atoms with Gasteiger partial charge >= 0.3 is 6.09 Å². The highest BCUT2D eigenvalue weighted by Crippen LogP contribution is 2.40. The molecule has 2 heterocycles. The van der Waals surface area contributed by atoms with Crippen molar-refractivity contribution in [2.75, 3.05) is 6.61 Å². The summed E-state index contributed by atoms with van der Waals surface area (Å²) in [5.41, 5.74) is -0.402. The van der Waals surface area contributed by atoms with Gasteiger partial charge < -0.3 is 14.4 Å². The Morgan fingerprint density at radius 1 is 1.24 bits per heavy atom. The number of fused-ring (bicyclic) bond motifs is 2. The van der Waals surface area contributed by atoms with Crippen molar-refractivity contribution in [1.82, 2.24) is 4.90 Å². The quantitative estimate of drug-likeness (QED) is 0.746. The highest BCUT2D eigenvalue weighted by atomic mass is 16.6. The fourth-order valence-corrected chi connectivity index (χ4v) is 2.81. The minimum atomic E-state index is -0.402. The molecule has 1 aliphatic carbocycles. The van der Waals surface area contributed by atoms with Gasteiger partial charge in [0.1, 0.15) is 5.60 Å². The molecule has 2 saturated heterocycles. The summed E-state index contributed by atoms with van der Waals surface area (Å²) < 4.78 is 11.1. The van der Waals surface area contributed by atoms with E-state index < -0.39 is 5.60 Å². The lowest BCUT2D eigenvalue weighted by molar-refractivity contribution is -0.101. The number of amides is 1. The van der Waals surface area contributed by atoms with Gasteiger partial charge in [0.05, 0.1) is 6.10 Å². The van der Waals surface area contributed by atoms with Gasteiger partial charge in [-0.3, -0.25) is 0 Å². The number of rotatable bonds is 2. The SMILES string of the molecule is CCOC1CC2C[C@@H](C1)N2C(=O)OC(C)(C)C. The van der Waals surface area contributed by atoms with Crippen LogP contribution in [-0.4, -0.2) is 41.4 Å². The normalized spacial score (nSPS) is 32.0. The Balaban J connectivity index is 1.88. The minimum absolute atomic E-state index is 0.159. The first-order chi connectivity index (χ1) is 7.90. The van der Waals surface area contributed by atoms with Crippen molar-refractivity contribution in [1.29, 1.82) is 0 Å². The Hall–Kier alpha value is -0.770. The summed E-state index contributed by atoms with van der Waals surface area (Å²) in [7, 11) is 0. The summed E-state index contributed by atoms with van der Waals surface area (Å²) in [4.78, 5) is 13.9. The third-order valence-electron chi connectivity index (χ3n) is 3.41. The van der Waals surface area contributed by atoms with Gasteiger partial charge in [-0.15, -0.1) is 0 Å². The van der Waals surface area contributed by atoms with Crippen molar-refractivity contribution >= 4 is 6.09 Å². The molecule has 0 N–H and O–H groups in total. The van der Waals surface area contributed by atoms with E-state index in [4.69, 9.17) is 9.47 Å². The molecule has 98 valence electrons. The van der Waals surface area contributed by atoms with Crippen LogP contribution in [0.3, 0.4) is 0 Å². The van der Waals surface area contributed by atoms with Crippen LogP contribution in [0.25, 0.3) is 0 Å². The molecule has 3 rings (SSSR count). The molecular weight excluding hydrogens is 218 g/mol. The molecular formula is C13H23NO3. The third kappa shape index (κ3) is 2.73. The summed E-state index contributed by atoms with van der Waals surface area (Å²) in [6.07, 6.45) is 3.21. The smallest absolute Gasteiger partial charge is 0.410 e. The lowest BCUT2D eigenvalue weighted by atomic mass is 9.78. The Morgan fingerprint density at radius 2 is 1.82 bits per heavy atom. The Morgan fingerprint density at radius 3 is 2.29 bits per heavy atom. The van der Waals surface area contributed by atoms with Crippen LogP contribution in [0.5, 0.6) is 0 Å². The molecule has 3 atom stereocenters. The summed E-state index contributed by atoms with van der Waals surface area (Å²) in [6, 6.07) is 0.667. The van der Waals surface area contributed by atoms with Crippen LogP contribution < -0.4 is 0 Å². The van der Waals surface area contributed by atoms with Gasteiger partial charge in [0.15, 0.2) is 0 Å². The number of carbonyl (C=O) groups excluding carboxylic acids is 1. The maximum atomic E-state index is 12.0. The average molecular weight is 241 g/mol. The van der Waals surface area contributed by atoms with Gasteiger partial charge in [-0.1, -0.05) is 0 Å². The van der Waals surface area contributed by atoms with Crippen molar-refractivity contribution < 1.29 is 14.3 Å². The van der Waals surface area contributed by atoms with Crippen molar-refractivity contribution in [3.05, 3.63) is 0 Å². The van der Waals surface area contributed by atoms with E-state index in [1.165, 1.54) is 0 Å². The Kier molecular flexibility index (Phi) is 3.34. The van der Waals surface area contributed by atoms with Crippen molar-refractivity contribution in [3.63, 3.8) is 0 Å². The summed E-state index contributed by atoms with van der Waals surface area (Å²) in [6.45, 7) is 8.50. The summed E-state index contributed by atoms with van der Waals surface area (Å²) >= 11 is 0. The van der Waals surface area contributed by atoms with Gasteiger partial charge in [0, 0.05) is 18.7 Å². The van der Waals surface area contributed by atoms with E-state index >= 15 is 0 Å². The lowest BCUT2D eigenvalue weighted by Gasteiger charge is -2.54. The number of ether oxygens (including phenoxy) is 2. The summed E-state index contributed by atoms with van der Waals surface area (Å²) in [5, 5.41) is 0. The maximum absolute atomic E-state index is 12.0. The molecule has 17 heavy (non-hydrogen) atoms. The van der Waals surface area contributed by atoms with Gasteiger partial charge in [0.25, 0.3) is 0 Å². The molecule has 1 saturated carbocycles. The molecule has 2 unspecified atom stereocenters. The van der Waals surface area contributed by atoms with Gasteiger partial charge in [-0.05, 0) is 47.0 Å². The van der Waals surface area contributed by atoms with Crippen LogP contribution in [0.4, 0.5) is 4.79 Å². The van der Waals surface area contributed by atoms with Crippen LogP contribution in [0.1, 0.15) is 47.0 Å². The largest absolute Gasteiger partial charge is 0.444 e. The highest BCUT2D eigenvalue weighted by molar-refractivity contribution is 5.70. The van der Waals surface area contributed by atoms with Crippen LogP contribution in [0.2, 0.25) is 0 Å². The van der Waals surface area contributed by atoms with E-state index in [0.717, 1.165) is 25.9 Å². The number of hydrogen-bond donors (Lipinski definition) is 0.